The third-order valence-corrected chi connectivity index (χ3v) is 5.33. The first-order chi connectivity index (χ1) is 14.5. The van der Waals surface area contributed by atoms with Crippen LogP contribution in [0.5, 0.6) is 5.75 Å². The van der Waals surface area contributed by atoms with E-state index >= 15 is 0 Å². The van der Waals surface area contributed by atoms with Crippen LogP contribution < -0.4 is 15.4 Å². The van der Waals surface area contributed by atoms with E-state index in [0.29, 0.717) is 23.4 Å². The van der Waals surface area contributed by atoms with E-state index in [2.05, 4.69) is 20.8 Å². The first-order valence-corrected chi connectivity index (χ1v) is 9.84. The lowest BCUT2D eigenvalue weighted by Crippen LogP contribution is -2.34. The molecule has 3 aromatic rings. The van der Waals surface area contributed by atoms with E-state index in [1.54, 1.807) is 37.7 Å². The lowest BCUT2D eigenvalue weighted by Gasteiger charge is -2.13. The molecule has 0 spiro atoms. The number of methoxy groups -OCH3 is 1. The van der Waals surface area contributed by atoms with Gasteiger partial charge in [0, 0.05) is 40.5 Å². The van der Waals surface area contributed by atoms with Gasteiger partial charge in [-0.2, -0.15) is 5.10 Å². The number of carbonyl (C=O) groups excluding carboxylic acids is 2. The van der Waals surface area contributed by atoms with Crippen molar-refractivity contribution in [1.29, 1.82) is 0 Å². The second-order valence-electron chi connectivity index (χ2n) is 7.80. The Balaban J connectivity index is 1.42. The first kappa shape index (κ1) is 19.7. The van der Waals surface area contributed by atoms with Gasteiger partial charge in [-0.3, -0.25) is 14.7 Å². The summed E-state index contributed by atoms with van der Waals surface area (Å²) in [5.74, 6) is 0.298. The highest BCUT2D eigenvalue weighted by atomic mass is 16.5. The van der Waals surface area contributed by atoms with Gasteiger partial charge in [0.05, 0.1) is 13.3 Å². The number of nitrogens with zero attached hydrogens (tertiary/aromatic N) is 1. The number of hydrogen-bond acceptors (Lipinski definition) is 4. The Morgan fingerprint density at radius 3 is 2.63 bits per heavy atom. The van der Waals surface area contributed by atoms with Crippen LogP contribution in [0.3, 0.4) is 0 Å². The largest absolute Gasteiger partial charge is 0.496 e. The predicted octanol–water partition coefficient (Wildman–Crippen LogP) is 3.30. The second kappa shape index (κ2) is 8.02. The standard InChI is InChI=1S/C23H24N4O3/c1-23(8-9-23)27-22(29)16-5-3-4-15(10-16)12-24-21(28)17-6-7-19(20(11-17)30-2)18-13-25-26-14-18/h3-7,10-11,13-14H,8-9,12H2,1-2H3,(H,24,28)(H,25,26)(H,27,29). The van der Waals surface area contributed by atoms with Crippen molar-refractivity contribution >= 4 is 11.8 Å². The van der Waals surface area contributed by atoms with Crippen molar-refractivity contribution in [3.8, 4) is 16.9 Å². The Hall–Kier alpha value is -3.61. The topological polar surface area (TPSA) is 96.1 Å². The van der Waals surface area contributed by atoms with Gasteiger partial charge in [-0.15, -0.1) is 0 Å². The van der Waals surface area contributed by atoms with Crippen molar-refractivity contribution in [2.45, 2.75) is 31.8 Å². The van der Waals surface area contributed by atoms with Crippen molar-refractivity contribution in [1.82, 2.24) is 20.8 Å². The van der Waals surface area contributed by atoms with Crippen LogP contribution in [0, 0.1) is 0 Å². The number of aromatic nitrogens is 2. The molecule has 1 heterocycles. The molecule has 4 rings (SSSR count). The fourth-order valence-corrected chi connectivity index (χ4v) is 3.23. The SMILES string of the molecule is COc1cc(C(=O)NCc2cccc(C(=O)NC3(C)CC3)c2)ccc1-c1cn[nH]c1. The van der Waals surface area contributed by atoms with Crippen LogP contribution in [-0.2, 0) is 6.54 Å². The quantitative estimate of drug-likeness (QED) is 0.563. The molecule has 1 aliphatic carbocycles. The molecule has 154 valence electrons. The number of hydrogen-bond donors (Lipinski definition) is 3. The molecule has 1 aromatic heterocycles. The Morgan fingerprint density at radius 1 is 1.13 bits per heavy atom. The number of amides is 2. The number of ether oxygens (including phenoxy) is 1. The number of rotatable bonds is 7. The molecular formula is C23H24N4O3. The maximum absolute atomic E-state index is 12.6. The summed E-state index contributed by atoms with van der Waals surface area (Å²) in [6.45, 7) is 2.37. The molecule has 2 aromatic carbocycles. The minimum absolute atomic E-state index is 0.0665. The van der Waals surface area contributed by atoms with E-state index in [0.717, 1.165) is 29.5 Å². The number of benzene rings is 2. The molecule has 7 heteroatoms. The van der Waals surface area contributed by atoms with Crippen LogP contribution >= 0.6 is 0 Å². The summed E-state index contributed by atoms with van der Waals surface area (Å²) in [4.78, 5) is 25.0. The van der Waals surface area contributed by atoms with Gasteiger partial charge in [-0.1, -0.05) is 12.1 Å². The van der Waals surface area contributed by atoms with E-state index in [1.165, 1.54) is 0 Å². The Kier molecular flexibility index (Phi) is 5.27. The van der Waals surface area contributed by atoms with Gasteiger partial charge in [-0.05, 0) is 55.7 Å². The minimum atomic E-state index is -0.215. The minimum Gasteiger partial charge on any atom is -0.496 e. The second-order valence-corrected chi connectivity index (χ2v) is 7.80. The zero-order valence-corrected chi connectivity index (χ0v) is 17.0. The molecule has 1 saturated carbocycles. The smallest absolute Gasteiger partial charge is 0.251 e. The Morgan fingerprint density at radius 2 is 1.93 bits per heavy atom. The molecule has 2 amide bonds. The molecular weight excluding hydrogens is 380 g/mol. The molecule has 0 aliphatic heterocycles. The highest BCUT2D eigenvalue weighted by Gasteiger charge is 2.38. The van der Waals surface area contributed by atoms with E-state index in [9.17, 15) is 9.59 Å². The molecule has 1 aliphatic rings. The summed E-state index contributed by atoms with van der Waals surface area (Å²) in [7, 11) is 1.57. The van der Waals surface area contributed by atoms with Gasteiger partial charge in [0.2, 0.25) is 0 Å². The van der Waals surface area contributed by atoms with E-state index < -0.39 is 0 Å². The monoisotopic (exact) mass is 404 g/mol. The average molecular weight is 404 g/mol. The lowest BCUT2D eigenvalue weighted by molar-refractivity contribution is 0.0933. The Labute approximate surface area is 174 Å². The maximum Gasteiger partial charge on any atom is 0.251 e. The highest BCUT2D eigenvalue weighted by Crippen LogP contribution is 2.34. The van der Waals surface area contributed by atoms with Gasteiger partial charge in [-0.25, -0.2) is 0 Å². The summed E-state index contributed by atoms with van der Waals surface area (Å²) in [6.07, 6.45) is 5.49. The van der Waals surface area contributed by atoms with Gasteiger partial charge in [0.15, 0.2) is 0 Å². The number of carbonyl (C=O) groups is 2. The molecule has 3 N–H and O–H groups in total. The van der Waals surface area contributed by atoms with Crippen molar-refractivity contribution < 1.29 is 14.3 Å². The first-order valence-electron chi connectivity index (χ1n) is 9.84. The van der Waals surface area contributed by atoms with Crippen LogP contribution in [0.25, 0.3) is 11.1 Å². The normalized spacial score (nSPS) is 14.1. The van der Waals surface area contributed by atoms with Gasteiger partial charge < -0.3 is 15.4 Å². The molecule has 7 nitrogen and oxygen atoms in total. The van der Waals surface area contributed by atoms with Crippen LogP contribution in [0.1, 0.15) is 46.0 Å². The van der Waals surface area contributed by atoms with E-state index in [-0.39, 0.29) is 17.4 Å². The average Bonchev–Trinajstić information content (AvgIpc) is 3.25. The molecule has 0 unspecified atom stereocenters. The zero-order valence-electron chi connectivity index (χ0n) is 17.0. The summed E-state index contributed by atoms with van der Waals surface area (Å²) in [6, 6.07) is 12.6. The highest BCUT2D eigenvalue weighted by molar-refractivity contribution is 5.96. The summed E-state index contributed by atoms with van der Waals surface area (Å²) in [5, 5.41) is 12.7. The summed E-state index contributed by atoms with van der Waals surface area (Å²) < 4.78 is 5.44. The molecule has 0 saturated heterocycles. The predicted molar refractivity (Wildman–Crippen MR) is 113 cm³/mol. The zero-order chi connectivity index (χ0) is 21.1. The van der Waals surface area contributed by atoms with Crippen LogP contribution in [0.4, 0.5) is 0 Å². The molecule has 0 bridgehead atoms. The van der Waals surface area contributed by atoms with Crippen molar-refractivity contribution in [3.63, 3.8) is 0 Å². The van der Waals surface area contributed by atoms with Crippen LogP contribution in [0.2, 0.25) is 0 Å². The summed E-state index contributed by atoms with van der Waals surface area (Å²) in [5.41, 5.74) is 3.62. The summed E-state index contributed by atoms with van der Waals surface area (Å²) >= 11 is 0. The van der Waals surface area contributed by atoms with Crippen molar-refractivity contribution in [2.75, 3.05) is 7.11 Å². The number of aromatic amines is 1. The molecule has 0 atom stereocenters. The van der Waals surface area contributed by atoms with Crippen LogP contribution in [-0.4, -0.2) is 34.7 Å². The van der Waals surface area contributed by atoms with Crippen molar-refractivity contribution in [3.05, 3.63) is 71.5 Å². The number of nitrogens with one attached hydrogen (secondary N) is 3. The van der Waals surface area contributed by atoms with Gasteiger partial charge in [0.25, 0.3) is 11.8 Å². The van der Waals surface area contributed by atoms with Crippen LogP contribution in [0.15, 0.2) is 54.9 Å². The molecule has 30 heavy (non-hydrogen) atoms. The van der Waals surface area contributed by atoms with Gasteiger partial charge in [0.1, 0.15) is 5.75 Å². The number of H-pyrrole nitrogens is 1. The third kappa shape index (κ3) is 4.35. The van der Waals surface area contributed by atoms with E-state index in [1.807, 2.05) is 31.2 Å². The molecule has 1 fully saturated rings. The van der Waals surface area contributed by atoms with E-state index in [4.69, 9.17) is 4.74 Å². The lowest BCUT2D eigenvalue weighted by atomic mass is 10.0. The maximum atomic E-state index is 12.6. The third-order valence-electron chi connectivity index (χ3n) is 5.33. The Bertz CT molecular complexity index is 1070. The fraction of sp³-hybridized carbons (Fsp3) is 0.261. The van der Waals surface area contributed by atoms with Gasteiger partial charge >= 0.3 is 0 Å². The molecule has 0 radical (unpaired) electrons. The fourth-order valence-electron chi connectivity index (χ4n) is 3.23. The van der Waals surface area contributed by atoms with Crippen molar-refractivity contribution in [2.24, 2.45) is 0 Å².